The van der Waals surface area contributed by atoms with Gasteiger partial charge in [-0.3, -0.25) is 0 Å². The fourth-order valence-corrected chi connectivity index (χ4v) is 2.55. The van der Waals surface area contributed by atoms with Crippen LogP contribution in [0.25, 0.3) is 0 Å². The second kappa shape index (κ2) is 6.14. The largest absolute Gasteiger partial charge is 0.386 e. The van der Waals surface area contributed by atoms with E-state index in [1.807, 2.05) is 17.5 Å². The van der Waals surface area contributed by atoms with E-state index in [0.717, 1.165) is 4.88 Å². The molecule has 3 heteroatoms. The Morgan fingerprint density at radius 1 is 1.22 bits per heavy atom. The number of aliphatic hydroxyl groups excluding tert-OH is 1. The zero-order chi connectivity index (χ0) is 13.0. The topological polar surface area (TPSA) is 32.3 Å². The predicted molar refractivity (Wildman–Crippen MR) is 76.9 cm³/mol. The van der Waals surface area contributed by atoms with E-state index < -0.39 is 6.10 Å². The quantitative estimate of drug-likeness (QED) is 0.864. The zero-order valence-electron chi connectivity index (χ0n) is 10.8. The highest BCUT2D eigenvalue weighted by Crippen LogP contribution is 2.19. The monoisotopic (exact) mass is 261 g/mol. The minimum absolute atomic E-state index is 0.250. The van der Waals surface area contributed by atoms with Gasteiger partial charge < -0.3 is 10.4 Å². The van der Waals surface area contributed by atoms with Gasteiger partial charge in [0.2, 0.25) is 0 Å². The van der Waals surface area contributed by atoms with Crippen LogP contribution in [0.4, 0.5) is 0 Å². The fraction of sp³-hybridized carbons (Fsp3) is 0.333. The first-order chi connectivity index (χ1) is 8.66. The van der Waals surface area contributed by atoms with Gasteiger partial charge >= 0.3 is 0 Å². The Balaban J connectivity index is 1.88. The molecule has 1 aromatic carbocycles. The van der Waals surface area contributed by atoms with E-state index in [0.29, 0.717) is 6.54 Å². The molecule has 0 aliphatic rings. The Bertz CT molecular complexity index is 464. The van der Waals surface area contributed by atoms with Crippen molar-refractivity contribution < 1.29 is 5.11 Å². The van der Waals surface area contributed by atoms with Crippen molar-refractivity contribution >= 4 is 11.3 Å². The fourth-order valence-electron chi connectivity index (χ4n) is 1.84. The minimum atomic E-state index is -0.419. The molecule has 0 spiro atoms. The maximum Gasteiger partial charge on any atom is 0.101 e. The molecule has 0 radical (unpaired) electrons. The van der Waals surface area contributed by atoms with Gasteiger partial charge in [-0.2, -0.15) is 0 Å². The smallest absolute Gasteiger partial charge is 0.101 e. The Labute approximate surface area is 112 Å². The minimum Gasteiger partial charge on any atom is -0.386 e. The molecule has 0 aliphatic carbocycles. The molecule has 0 saturated carbocycles. The van der Waals surface area contributed by atoms with Gasteiger partial charge in [-0.05, 0) is 30.9 Å². The first kappa shape index (κ1) is 13.3. The van der Waals surface area contributed by atoms with Gasteiger partial charge in [0, 0.05) is 17.5 Å². The second-order valence-corrected chi connectivity index (χ2v) is 5.55. The van der Waals surface area contributed by atoms with Crippen molar-refractivity contribution in [3.63, 3.8) is 0 Å². The number of aryl methyl sites for hydroxylation is 1. The molecule has 0 amide bonds. The van der Waals surface area contributed by atoms with E-state index in [1.54, 1.807) is 11.3 Å². The number of thiophene rings is 1. The first-order valence-corrected chi connectivity index (χ1v) is 7.06. The van der Waals surface area contributed by atoms with Crippen molar-refractivity contribution in [2.24, 2.45) is 0 Å². The van der Waals surface area contributed by atoms with E-state index >= 15 is 0 Å². The van der Waals surface area contributed by atoms with Crippen LogP contribution in [0, 0.1) is 6.92 Å². The maximum atomic E-state index is 10.00. The first-order valence-electron chi connectivity index (χ1n) is 6.18. The second-order valence-electron chi connectivity index (χ2n) is 4.57. The Hall–Kier alpha value is -1.16. The van der Waals surface area contributed by atoms with E-state index in [2.05, 4.69) is 43.4 Å². The summed E-state index contributed by atoms with van der Waals surface area (Å²) in [5.74, 6) is 0. The number of aliphatic hydroxyl groups is 1. The Kier molecular flexibility index (Phi) is 4.53. The lowest BCUT2D eigenvalue weighted by molar-refractivity contribution is 0.174. The van der Waals surface area contributed by atoms with Crippen molar-refractivity contribution in [2.45, 2.75) is 26.0 Å². The van der Waals surface area contributed by atoms with Crippen molar-refractivity contribution in [1.82, 2.24) is 5.32 Å². The van der Waals surface area contributed by atoms with Crippen LogP contribution < -0.4 is 5.32 Å². The molecule has 2 N–H and O–H groups in total. The van der Waals surface area contributed by atoms with E-state index in [4.69, 9.17) is 0 Å². The van der Waals surface area contributed by atoms with Crippen LogP contribution in [0.15, 0.2) is 41.8 Å². The Morgan fingerprint density at radius 2 is 1.94 bits per heavy atom. The van der Waals surface area contributed by atoms with Gasteiger partial charge in [0.15, 0.2) is 0 Å². The molecule has 1 heterocycles. The summed E-state index contributed by atoms with van der Waals surface area (Å²) in [5, 5.41) is 15.3. The summed E-state index contributed by atoms with van der Waals surface area (Å²) in [4.78, 5) is 1.01. The Morgan fingerprint density at radius 3 is 2.56 bits per heavy atom. The summed E-state index contributed by atoms with van der Waals surface area (Å²) in [6.45, 7) is 4.78. The van der Waals surface area contributed by atoms with Crippen LogP contribution in [0.2, 0.25) is 0 Å². The molecule has 2 rings (SSSR count). The lowest BCUT2D eigenvalue weighted by Gasteiger charge is -2.17. The molecule has 2 aromatic rings. The number of hydrogen-bond donors (Lipinski definition) is 2. The molecule has 0 saturated heterocycles. The van der Waals surface area contributed by atoms with Crippen LogP contribution >= 0.6 is 11.3 Å². The molecule has 0 fully saturated rings. The van der Waals surface area contributed by atoms with Crippen LogP contribution in [0.5, 0.6) is 0 Å². The standard InChI is InChI=1S/C15H19NOS/c1-11-5-7-13(8-6-11)12(2)16-10-14(17)15-4-3-9-18-15/h3-9,12,14,16-17H,10H2,1-2H3/t12-,14?/m1/s1. The number of hydrogen-bond acceptors (Lipinski definition) is 3. The molecule has 96 valence electrons. The van der Waals surface area contributed by atoms with Crippen molar-refractivity contribution in [2.75, 3.05) is 6.54 Å². The zero-order valence-corrected chi connectivity index (χ0v) is 11.6. The van der Waals surface area contributed by atoms with E-state index in [9.17, 15) is 5.11 Å². The molecule has 0 bridgehead atoms. The maximum absolute atomic E-state index is 10.00. The summed E-state index contributed by atoms with van der Waals surface area (Å²) < 4.78 is 0. The van der Waals surface area contributed by atoms with Crippen LogP contribution in [0.3, 0.4) is 0 Å². The number of nitrogens with one attached hydrogen (secondary N) is 1. The summed E-state index contributed by atoms with van der Waals surface area (Å²) in [6, 6.07) is 12.7. The van der Waals surface area contributed by atoms with Crippen LogP contribution in [0.1, 0.15) is 35.1 Å². The van der Waals surface area contributed by atoms with Crippen LogP contribution in [-0.4, -0.2) is 11.7 Å². The third-order valence-corrected chi connectivity index (χ3v) is 4.04. The number of benzene rings is 1. The van der Waals surface area contributed by atoms with Gasteiger partial charge in [-0.1, -0.05) is 35.9 Å². The molecular formula is C15H19NOS. The van der Waals surface area contributed by atoms with Gasteiger partial charge in [-0.15, -0.1) is 11.3 Å². The van der Waals surface area contributed by atoms with E-state index in [1.165, 1.54) is 11.1 Å². The molecular weight excluding hydrogens is 242 g/mol. The highest BCUT2D eigenvalue weighted by molar-refractivity contribution is 7.10. The average Bonchev–Trinajstić information content (AvgIpc) is 2.90. The highest BCUT2D eigenvalue weighted by atomic mass is 32.1. The molecule has 1 unspecified atom stereocenters. The predicted octanol–water partition coefficient (Wildman–Crippen LogP) is 3.44. The molecule has 2 atom stereocenters. The van der Waals surface area contributed by atoms with Crippen molar-refractivity contribution in [1.29, 1.82) is 0 Å². The lowest BCUT2D eigenvalue weighted by atomic mass is 10.1. The van der Waals surface area contributed by atoms with Crippen LogP contribution in [-0.2, 0) is 0 Å². The summed E-state index contributed by atoms with van der Waals surface area (Å²) in [5.41, 5.74) is 2.52. The lowest BCUT2D eigenvalue weighted by Crippen LogP contribution is -2.24. The van der Waals surface area contributed by atoms with E-state index in [-0.39, 0.29) is 6.04 Å². The molecule has 2 nitrogen and oxygen atoms in total. The molecule has 1 aromatic heterocycles. The third-order valence-electron chi connectivity index (χ3n) is 3.07. The highest BCUT2D eigenvalue weighted by Gasteiger charge is 2.11. The van der Waals surface area contributed by atoms with Gasteiger partial charge in [0.1, 0.15) is 6.10 Å². The third kappa shape index (κ3) is 3.42. The van der Waals surface area contributed by atoms with Gasteiger partial charge in [-0.25, -0.2) is 0 Å². The summed E-state index contributed by atoms with van der Waals surface area (Å²) in [6.07, 6.45) is -0.419. The number of rotatable bonds is 5. The summed E-state index contributed by atoms with van der Waals surface area (Å²) in [7, 11) is 0. The average molecular weight is 261 g/mol. The van der Waals surface area contributed by atoms with Crippen molar-refractivity contribution in [3.8, 4) is 0 Å². The van der Waals surface area contributed by atoms with Gasteiger partial charge in [0.25, 0.3) is 0 Å². The van der Waals surface area contributed by atoms with Crippen molar-refractivity contribution in [3.05, 3.63) is 57.8 Å². The SMILES string of the molecule is Cc1ccc([C@@H](C)NCC(O)c2cccs2)cc1. The summed E-state index contributed by atoms with van der Waals surface area (Å²) >= 11 is 1.59. The molecule has 0 aliphatic heterocycles. The van der Waals surface area contributed by atoms with Gasteiger partial charge in [0.05, 0.1) is 0 Å². The molecule has 18 heavy (non-hydrogen) atoms. The normalized spacial score (nSPS) is 14.4.